The van der Waals surface area contributed by atoms with Gasteiger partial charge in [0.2, 0.25) is 0 Å². The zero-order valence-corrected chi connectivity index (χ0v) is 15.0. The van der Waals surface area contributed by atoms with E-state index in [9.17, 15) is 14.7 Å². The second kappa shape index (κ2) is 7.82. The van der Waals surface area contributed by atoms with Gasteiger partial charge in [-0.25, -0.2) is 0 Å². The first-order valence-electron chi connectivity index (χ1n) is 9.17. The Morgan fingerprint density at radius 1 is 1.12 bits per heavy atom. The zero-order chi connectivity index (χ0) is 17.7. The van der Waals surface area contributed by atoms with E-state index in [1.807, 2.05) is 30.9 Å². The number of nitrogens with zero attached hydrogens (tertiary/aromatic N) is 1. The van der Waals surface area contributed by atoms with E-state index in [0.29, 0.717) is 30.5 Å². The van der Waals surface area contributed by atoms with Crippen molar-refractivity contribution in [3.05, 3.63) is 35.4 Å². The Hall–Kier alpha value is -1.84. The van der Waals surface area contributed by atoms with Crippen LogP contribution >= 0.6 is 0 Å². The third-order valence-electron chi connectivity index (χ3n) is 5.53. The van der Waals surface area contributed by atoms with Crippen LogP contribution in [0.4, 0.5) is 0 Å². The molecule has 0 saturated heterocycles. The summed E-state index contributed by atoms with van der Waals surface area (Å²) in [5.41, 5.74) is 0.588. The lowest BCUT2D eigenvalue weighted by Gasteiger charge is -2.50. The number of carboxylic acid groups (broad SMARTS) is 1. The van der Waals surface area contributed by atoms with Gasteiger partial charge in [0.1, 0.15) is 5.92 Å². The van der Waals surface area contributed by atoms with Gasteiger partial charge >= 0.3 is 5.97 Å². The summed E-state index contributed by atoms with van der Waals surface area (Å²) in [5.74, 6) is -1.51. The number of carboxylic acids is 1. The lowest BCUT2D eigenvalue weighted by molar-refractivity contribution is -0.143. The fraction of sp³-hybridized carbons (Fsp3) is 0.600. The van der Waals surface area contributed by atoms with Crippen LogP contribution in [-0.2, 0) is 4.79 Å². The normalized spacial score (nSPS) is 19.2. The number of amides is 1. The maximum atomic E-state index is 13.1. The number of carbonyl (C=O) groups is 2. The van der Waals surface area contributed by atoms with Crippen LogP contribution in [0.5, 0.6) is 0 Å². The lowest BCUT2D eigenvalue weighted by atomic mass is 9.69. The molecule has 2 rings (SSSR count). The quantitative estimate of drug-likeness (QED) is 0.716. The van der Waals surface area contributed by atoms with Crippen molar-refractivity contribution in [3.63, 3.8) is 0 Å². The van der Waals surface area contributed by atoms with Crippen molar-refractivity contribution in [1.29, 1.82) is 0 Å². The number of fused-ring (bicyclic) bond motifs is 1. The first kappa shape index (κ1) is 18.5. The maximum absolute atomic E-state index is 13.1. The molecule has 1 heterocycles. The minimum absolute atomic E-state index is 0.0108. The van der Waals surface area contributed by atoms with E-state index < -0.39 is 17.4 Å². The molecule has 4 nitrogen and oxygen atoms in total. The fourth-order valence-electron chi connectivity index (χ4n) is 4.16. The SMILES string of the molecule is CCCCCCN1C(=O)c2ccccc2C(C(=O)O)C1(CC)CC. The van der Waals surface area contributed by atoms with E-state index in [1.165, 1.54) is 0 Å². The van der Waals surface area contributed by atoms with Crippen molar-refractivity contribution in [1.82, 2.24) is 4.90 Å². The molecule has 24 heavy (non-hydrogen) atoms. The minimum atomic E-state index is -0.836. The summed E-state index contributed by atoms with van der Waals surface area (Å²) in [7, 11) is 0. The molecule has 1 N–H and O–H groups in total. The van der Waals surface area contributed by atoms with E-state index in [4.69, 9.17) is 0 Å². The molecule has 1 amide bonds. The second-order valence-corrected chi connectivity index (χ2v) is 6.69. The molecule has 1 atom stereocenters. The van der Waals surface area contributed by atoms with Crippen LogP contribution in [0.2, 0.25) is 0 Å². The van der Waals surface area contributed by atoms with Crippen LogP contribution < -0.4 is 0 Å². The topological polar surface area (TPSA) is 57.6 Å². The van der Waals surface area contributed by atoms with E-state index in [0.717, 1.165) is 25.7 Å². The van der Waals surface area contributed by atoms with Crippen molar-refractivity contribution < 1.29 is 14.7 Å². The predicted octanol–water partition coefficient (Wildman–Crippen LogP) is 4.45. The van der Waals surface area contributed by atoms with Crippen LogP contribution in [0.25, 0.3) is 0 Å². The highest BCUT2D eigenvalue weighted by atomic mass is 16.4. The summed E-state index contributed by atoms with van der Waals surface area (Å²) in [4.78, 5) is 27.1. The van der Waals surface area contributed by atoms with Gasteiger partial charge < -0.3 is 10.0 Å². The van der Waals surface area contributed by atoms with Gasteiger partial charge in [0, 0.05) is 12.1 Å². The van der Waals surface area contributed by atoms with Gasteiger partial charge in [-0.1, -0.05) is 58.2 Å². The number of unbranched alkanes of at least 4 members (excludes halogenated alkanes) is 3. The molecular formula is C20H29NO3. The summed E-state index contributed by atoms with van der Waals surface area (Å²) < 4.78 is 0. The molecule has 0 bridgehead atoms. The van der Waals surface area contributed by atoms with Crippen LogP contribution in [0.3, 0.4) is 0 Å². The summed E-state index contributed by atoms with van der Waals surface area (Å²) in [5, 5.41) is 9.96. The minimum Gasteiger partial charge on any atom is -0.481 e. The monoisotopic (exact) mass is 331 g/mol. The van der Waals surface area contributed by atoms with Gasteiger partial charge in [-0.15, -0.1) is 0 Å². The number of hydrogen-bond acceptors (Lipinski definition) is 2. The molecule has 0 aliphatic carbocycles. The molecule has 1 aliphatic heterocycles. The molecular weight excluding hydrogens is 302 g/mol. The molecule has 0 saturated carbocycles. The predicted molar refractivity (Wildman–Crippen MR) is 95.3 cm³/mol. The maximum Gasteiger partial charge on any atom is 0.313 e. The first-order valence-corrected chi connectivity index (χ1v) is 9.17. The standard InChI is InChI=1S/C20H29NO3/c1-4-7-8-11-14-21-18(22)16-13-10-9-12-15(16)17(19(23)24)20(21,5-2)6-3/h9-10,12-13,17H,4-8,11,14H2,1-3H3,(H,23,24). The third kappa shape index (κ3) is 3.06. The third-order valence-corrected chi connectivity index (χ3v) is 5.53. The highest BCUT2D eigenvalue weighted by Crippen LogP contribution is 2.45. The molecule has 1 unspecified atom stereocenters. The van der Waals surface area contributed by atoms with Gasteiger partial charge in [0.15, 0.2) is 0 Å². The van der Waals surface area contributed by atoms with Crippen molar-refractivity contribution in [2.24, 2.45) is 0 Å². The average Bonchev–Trinajstić information content (AvgIpc) is 2.59. The van der Waals surface area contributed by atoms with Crippen molar-refractivity contribution in [3.8, 4) is 0 Å². The Morgan fingerprint density at radius 2 is 1.79 bits per heavy atom. The number of rotatable bonds is 8. The molecule has 1 aliphatic rings. The molecule has 1 aromatic carbocycles. The van der Waals surface area contributed by atoms with Crippen molar-refractivity contribution in [2.75, 3.05) is 6.54 Å². The van der Waals surface area contributed by atoms with E-state index in [2.05, 4.69) is 6.92 Å². The molecule has 132 valence electrons. The summed E-state index contributed by atoms with van der Waals surface area (Å²) in [6.07, 6.45) is 5.58. The van der Waals surface area contributed by atoms with Gasteiger partial charge in [-0.05, 0) is 30.9 Å². The smallest absolute Gasteiger partial charge is 0.313 e. The van der Waals surface area contributed by atoms with E-state index in [1.54, 1.807) is 12.1 Å². The molecule has 1 aromatic rings. The fourth-order valence-corrected chi connectivity index (χ4v) is 4.16. The van der Waals surface area contributed by atoms with Gasteiger partial charge in [0.05, 0.1) is 5.54 Å². The van der Waals surface area contributed by atoms with Crippen LogP contribution in [-0.4, -0.2) is 34.0 Å². The molecule has 0 radical (unpaired) electrons. The molecule has 4 heteroatoms. The van der Waals surface area contributed by atoms with Crippen LogP contribution in [0, 0.1) is 0 Å². The summed E-state index contributed by atoms with van der Waals surface area (Å²) in [6.45, 7) is 6.79. The average molecular weight is 331 g/mol. The number of aliphatic carboxylic acids is 1. The largest absolute Gasteiger partial charge is 0.481 e. The summed E-state index contributed by atoms with van der Waals surface area (Å²) in [6, 6.07) is 7.22. The Morgan fingerprint density at radius 3 is 2.38 bits per heavy atom. The Bertz CT molecular complexity index is 592. The highest BCUT2D eigenvalue weighted by molar-refractivity contribution is 6.01. The van der Waals surface area contributed by atoms with E-state index >= 15 is 0 Å². The Balaban J connectivity index is 2.48. The van der Waals surface area contributed by atoms with Crippen molar-refractivity contribution >= 4 is 11.9 Å². The highest BCUT2D eigenvalue weighted by Gasteiger charge is 2.52. The lowest BCUT2D eigenvalue weighted by Crippen LogP contribution is -2.60. The molecule has 0 spiro atoms. The van der Waals surface area contributed by atoms with Gasteiger partial charge in [-0.3, -0.25) is 9.59 Å². The summed E-state index contributed by atoms with van der Waals surface area (Å²) >= 11 is 0. The van der Waals surface area contributed by atoms with Crippen LogP contribution in [0.15, 0.2) is 24.3 Å². The zero-order valence-electron chi connectivity index (χ0n) is 15.0. The van der Waals surface area contributed by atoms with Gasteiger partial charge in [-0.2, -0.15) is 0 Å². The second-order valence-electron chi connectivity index (χ2n) is 6.69. The number of hydrogen-bond donors (Lipinski definition) is 1. The Kier molecular flexibility index (Phi) is 6.03. The number of carbonyl (C=O) groups excluding carboxylic acids is 1. The van der Waals surface area contributed by atoms with Crippen LogP contribution in [0.1, 0.15) is 81.1 Å². The van der Waals surface area contributed by atoms with Crippen molar-refractivity contribution in [2.45, 2.75) is 70.8 Å². The van der Waals surface area contributed by atoms with Gasteiger partial charge in [0.25, 0.3) is 5.91 Å². The molecule has 0 aromatic heterocycles. The molecule has 0 fully saturated rings. The van der Waals surface area contributed by atoms with E-state index in [-0.39, 0.29) is 5.91 Å². The Labute approximate surface area is 144 Å². The number of benzene rings is 1. The first-order chi connectivity index (χ1) is 11.5.